The van der Waals surface area contributed by atoms with Crippen LogP contribution in [0.5, 0.6) is 0 Å². The summed E-state index contributed by atoms with van der Waals surface area (Å²) in [4.78, 5) is 1.75. The molecule has 2 aliphatic rings. The van der Waals surface area contributed by atoms with Crippen molar-refractivity contribution in [2.45, 2.75) is 43.9 Å². The zero-order valence-electron chi connectivity index (χ0n) is 12.0. The molecule has 0 amide bonds. The second-order valence-electron chi connectivity index (χ2n) is 6.48. The van der Waals surface area contributed by atoms with Crippen LogP contribution in [0.3, 0.4) is 0 Å². The second-order valence-corrected chi connectivity index (χ2v) is 6.48. The SMILES string of the molecule is C[NH+]1CCCC2(c3ccccc3)CCCCC2C1.[I-]. The van der Waals surface area contributed by atoms with Crippen molar-refractivity contribution in [1.29, 1.82) is 0 Å². The number of likely N-dealkylation sites (tertiary alicyclic amines) is 1. The quantitative estimate of drug-likeness (QED) is 0.631. The summed E-state index contributed by atoms with van der Waals surface area (Å²) in [5.74, 6) is 0.913. The molecule has 1 aromatic carbocycles. The Balaban J connectivity index is 0.00000133. The molecule has 1 heterocycles. The highest BCUT2D eigenvalue weighted by atomic mass is 127. The van der Waals surface area contributed by atoms with E-state index >= 15 is 0 Å². The Hall–Kier alpha value is -0.0900. The first-order chi connectivity index (χ1) is 8.81. The van der Waals surface area contributed by atoms with Gasteiger partial charge in [0.05, 0.1) is 20.1 Å². The summed E-state index contributed by atoms with van der Waals surface area (Å²) >= 11 is 0. The molecule has 3 rings (SSSR count). The summed E-state index contributed by atoms with van der Waals surface area (Å²) in [6.45, 7) is 2.75. The van der Waals surface area contributed by atoms with Gasteiger partial charge in [0.25, 0.3) is 0 Å². The van der Waals surface area contributed by atoms with E-state index in [9.17, 15) is 0 Å². The van der Waals surface area contributed by atoms with Crippen molar-refractivity contribution >= 4 is 0 Å². The normalized spacial score (nSPS) is 34.8. The predicted octanol–water partition coefficient (Wildman–Crippen LogP) is -0.573. The number of rotatable bonds is 1. The molecule has 1 N–H and O–H groups in total. The van der Waals surface area contributed by atoms with Crippen molar-refractivity contribution < 1.29 is 28.9 Å². The van der Waals surface area contributed by atoms with Gasteiger partial charge >= 0.3 is 0 Å². The first kappa shape index (κ1) is 15.3. The van der Waals surface area contributed by atoms with Crippen molar-refractivity contribution in [1.82, 2.24) is 0 Å². The minimum Gasteiger partial charge on any atom is -1.00 e. The van der Waals surface area contributed by atoms with Gasteiger partial charge in [0, 0.05) is 11.3 Å². The Morgan fingerprint density at radius 3 is 2.58 bits per heavy atom. The summed E-state index contributed by atoms with van der Waals surface area (Å²) < 4.78 is 0. The number of hydrogen-bond acceptors (Lipinski definition) is 0. The molecular weight excluding hydrogens is 345 g/mol. The van der Waals surface area contributed by atoms with E-state index < -0.39 is 0 Å². The predicted molar refractivity (Wildman–Crippen MR) is 75.9 cm³/mol. The third kappa shape index (κ3) is 2.99. The van der Waals surface area contributed by atoms with Gasteiger partial charge < -0.3 is 28.9 Å². The minimum atomic E-state index is 0. The molecule has 2 fully saturated rings. The molecule has 1 aliphatic heterocycles. The lowest BCUT2D eigenvalue weighted by molar-refractivity contribution is -0.882. The maximum Gasteiger partial charge on any atom is 0.0806 e. The van der Waals surface area contributed by atoms with E-state index in [1.165, 1.54) is 51.6 Å². The molecule has 3 unspecified atom stereocenters. The standard InChI is InChI=1S/C17H25N.HI/c1-18-13-7-12-17(15-8-3-2-4-9-15)11-6-5-10-16(17)14-18;/h2-4,8-9,16H,5-7,10-14H2,1H3;1H. The third-order valence-electron chi connectivity index (χ3n) is 5.38. The molecule has 1 saturated heterocycles. The lowest BCUT2D eigenvalue weighted by atomic mass is 9.61. The highest BCUT2D eigenvalue weighted by molar-refractivity contribution is 5.27. The van der Waals surface area contributed by atoms with Crippen molar-refractivity contribution in [3.05, 3.63) is 35.9 Å². The van der Waals surface area contributed by atoms with Gasteiger partial charge in [0.1, 0.15) is 0 Å². The van der Waals surface area contributed by atoms with Crippen molar-refractivity contribution in [2.24, 2.45) is 5.92 Å². The van der Waals surface area contributed by atoms with E-state index in [0.717, 1.165) is 5.92 Å². The zero-order valence-corrected chi connectivity index (χ0v) is 14.2. The number of benzene rings is 1. The van der Waals surface area contributed by atoms with E-state index in [1.54, 1.807) is 10.5 Å². The lowest BCUT2D eigenvalue weighted by Gasteiger charge is -2.43. The van der Waals surface area contributed by atoms with Gasteiger partial charge in [-0.15, -0.1) is 0 Å². The Labute approximate surface area is 134 Å². The number of nitrogens with one attached hydrogen (secondary N) is 1. The van der Waals surface area contributed by atoms with Gasteiger partial charge in [0.15, 0.2) is 0 Å². The van der Waals surface area contributed by atoms with Gasteiger partial charge in [0.2, 0.25) is 0 Å². The maximum absolute atomic E-state index is 2.39. The van der Waals surface area contributed by atoms with Crippen LogP contribution in [0.15, 0.2) is 30.3 Å². The Bertz CT molecular complexity index is 392. The number of fused-ring (bicyclic) bond motifs is 1. The fourth-order valence-corrected chi connectivity index (χ4v) is 4.46. The zero-order chi connectivity index (χ0) is 12.4. The van der Waals surface area contributed by atoms with Crippen LogP contribution in [0, 0.1) is 5.92 Å². The van der Waals surface area contributed by atoms with Gasteiger partial charge in [-0.1, -0.05) is 43.2 Å². The van der Waals surface area contributed by atoms with Crippen LogP contribution in [0.2, 0.25) is 0 Å². The molecule has 106 valence electrons. The highest BCUT2D eigenvalue weighted by Crippen LogP contribution is 2.47. The molecule has 19 heavy (non-hydrogen) atoms. The van der Waals surface area contributed by atoms with Crippen molar-refractivity contribution in [2.75, 3.05) is 20.1 Å². The van der Waals surface area contributed by atoms with Crippen LogP contribution in [0.4, 0.5) is 0 Å². The first-order valence-corrected chi connectivity index (χ1v) is 7.68. The summed E-state index contributed by atoms with van der Waals surface area (Å²) in [7, 11) is 2.38. The van der Waals surface area contributed by atoms with Crippen LogP contribution >= 0.6 is 0 Å². The highest BCUT2D eigenvalue weighted by Gasteiger charge is 2.44. The average molecular weight is 371 g/mol. The van der Waals surface area contributed by atoms with E-state index in [2.05, 4.69) is 37.4 Å². The monoisotopic (exact) mass is 371 g/mol. The molecule has 0 bridgehead atoms. The molecule has 0 aromatic heterocycles. The lowest BCUT2D eigenvalue weighted by Crippen LogP contribution is -3.09. The summed E-state index contributed by atoms with van der Waals surface area (Å²) in [6.07, 6.45) is 8.58. The number of halogens is 1. The molecule has 1 nitrogen and oxygen atoms in total. The summed E-state index contributed by atoms with van der Waals surface area (Å²) in [6, 6.07) is 11.4. The number of hydrogen-bond donors (Lipinski definition) is 1. The fourth-order valence-electron chi connectivity index (χ4n) is 4.46. The number of quaternary nitrogens is 1. The van der Waals surface area contributed by atoms with Crippen LogP contribution in [-0.4, -0.2) is 20.1 Å². The van der Waals surface area contributed by atoms with E-state index in [0.29, 0.717) is 5.41 Å². The molecule has 1 saturated carbocycles. The Morgan fingerprint density at radius 1 is 1.05 bits per heavy atom. The van der Waals surface area contributed by atoms with E-state index in [4.69, 9.17) is 0 Å². The Kier molecular flexibility index (Phi) is 5.29. The second kappa shape index (κ2) is 6.57. The van der Waals surface area contributed by atoms with Crippen LogP contribution in [-0.2, 0) is 5.41 Å². The summed E-state index contributed by atoms with van der Waals surface area (Å²) in [5, 5.41) is 0. The van der Waals surface area contributed by atoms with E-state index in [-0.39, 0.29) is 24.0 Å². The molecule has 3 atom stereocenters. The largest absolute Gasteiger partial charge is 1.00 e. The van der Waals surface area contributed by atoms with Crippen molar-refractivity contribution in [3.63, 3.8) is 0 Å². The van der Waals surface area contributed by atoms with Crippen LogP contribution in [0.25, 0.3) is 0 Å². The van der Waals surface area contributed by atoms with Gasteiger partial charge in [-0.25, -0.2) is 0 Å². The third-order valence-corrected chi connectivity index (χ3v) is 5.38. The van der Waals surface area contributed by atoms with Crippen LogP contribution < -0.4 is 28.9 Å². The molecule has 1 aromatic rings. The average Bonchev–Trinajstić information content (AvgIpc) is 2.58. The van der Waals surface area contributed by atoms with Crippen molar-refractivity contribution in [3.8, 4) is 0 Å². The summed E-state index contributed by atoms with van der Waals surface area (Å²) in [5.41, 5.74) is 2.14. The van der Waals surface area contributed by atoms with Gasteiger partial charge in [-0.2, -0.15) is 0 Å². The smallest absolute Gasteiger partial charge is 0.0806 e. The van der Waals surface area contributed by atoms with E-state index in [1.807, 2.05) is 0 Å². The van der Waals surface area contributed by atoms with Gasteiger partial charge in [-0.3, -0.25) is 0 Å². The molecular formula is C17H26IN. The fraction of sp³-hybridized carbons (Fsp3) is 0.647. The topological polar surface area (TPSA) is 4.44 Å². The molecule has 1 aliphatic carbocycles. The maximum atomic E-state index is 2.39. The molecule has 2 heteroatoms. The molecule has 0 spiro atoms. The molecule has 0 radical (unpaired) electrons. The minimum absolute atomic E-state index is 0. The first-order valence-electron chi connectivity index (χ1n) is 7.68. The van der Waals surface area contributed by atoms with Crippen LogP contribution in [0.1, 0.15) is 44.1 Å². The van der Waals surface area contributed by atoms with Gasteiger partial charge in [-0.05, 0) is 31.2 Å². The Morgan fingerprint density at radius 2 is 1.79 bits per heavy atom.